The maximum atomic E-state index is 12.7. The van der Waals surface area contributed by atoms with Gasteiger partial charge in [0.15, 0.2) is 12.4 Å². The van der Waals surface area contributed by atoms with E-state index in [9.17, 15) is 13.2 Å². The van der Waals surface area contributed by atoms with Gasteiger partial charge in [0, 0.05) is 13.1 Å². The Bertz CT molecular complexity index is 1190. The van der Waals surface area contributed by atoms with E-state index in [0.29, 0.717) is 41.6 Å². The number of carbonyl (C=O) groups is 1. The number of carbonyl (C=O) groups excluding carboxylic acids is 1. The van der Waals surface area contributed by atoms with Crippen LogP contribution in [-0.4, -0.2) is 38.3 Å². The van der Waals surface area contributed by atoms with Gasteiger partial charge in [-0.2, -0.15) is 4.31 Å². The van der Waals surface area contributed by atoms with Crippen molar-refractivity contribution in [1.82, 2.24) is 4.31 Å². The molecule has 3 aromatic rings. The maximum Gasteiger partial charge on any atom is 0.262 e. The SMILES string of the molecule is CCN(CC)S(=O)(=O)c1ccc(OCC(=O)Nc2ccccc2Oc2ccccc2)c(C)c1. The summed E-state index contributed by atoms with van der Waals surface area (Å²) < 4.78 is 38.3. The summed E-state index contributed by atoms with van der Waals surface area (Å²) in [5.41, 5.74) is 1.15. The lowest BCUT2D eigenvalue weighted by Crippen LogP contribution is -2.30. The number of para-hydroxylation sites is 3. The molecule has 0 aliphatic carbocycles. The quantitative estimate of drug-likeness (QED) is 0.460. The third-order valence-electron chi connectivity index (χ3n) is 4.98. The molecule has 3 rings (SSSR count). The van der Waals surface area contributed by atoms with Crippen LogP contribution in [0.3, 0.4) is 0 Å². The lowest BCUT2D eigenvalue weighted by atomic mass is 10.2. The highest BCUT2D eigenvalue weighted by Crippen LogP contribution is 2.29. The first-order chi connectivity index (χ1) is 15.8. The van der Waals surface area contributed by atoms with Gasteiger partial charge in [0.05, 0.1) is 10.6 Å². The average Bonchev–Trinajstić information content (AvgIpc) is 2.81. The molecule has 0 bridgehead atoms. The first kappa shape index (κ1) is 24.3. The zero-order chi connectivity index (χ0) is 23.8. The van der Waals surface area contributed by atoms with Crippen LogP contribution >= 0.6 is 0 Å². The van der Waals surface area contributed by atoms with Crippen LogP contribution in [0.25, 0.3) is 0 Å². The molecule has 8 heteroatoms. The van der Waals surface area contributed by atoms with E-state index in [1.165, 1.54) is 10.4 Å². The molecule has 0 saturated heterocycles. The van der Waals surface area contributed by atoms with Gasteiger partial charge in [0.2, 0.25) is 10.0 Å². The highest BCUT2D eigenvalue weighted by Gasteiger charge is 2.22. The molecule has 33 heavy (non-hydrogen) atoms. The molecule has 0 heterocycles. The zero-order valence-corrected chi connectivity index (χ0v) is 19.8. The van der Waals surface area contributed by atoms with Crippen LogP contribution in [0.2, 0.25) is 0 Å². The third-order valence-corrected chi connectivity index (χ3v) is 7.03. The van der Waals surface area contributed by atoms with Crippen LogP contribution in [0.4, 0.5) is 5.69 Å². The molecule has 0 spiro atoms. The van der Waals surface area contributed by atoms with Crippen molar-refractivity contribution in [2.75, 3.05) is 25.0 Å². The number of aryl methyl sites for hydroxylation is 1. The molecule has 0 aliphatic rings. The summed E-state index contributed by atoms with van der Waals surface area (Å²) in [6, 6.07) is 21.0. The number of amides is 1. The zero-order valence-electron chi connectivity index (χ0n) is 18.9. The summed E-state index contributed by atoms with van der Waals surface area (Å²) >= 11 is 0. The molecule has 0 radical (unpaired) electrons. The number of sulfonamides is 1. The van der Waals surface area contributed by atoms with E-state index in [0.717, 1.165) is 0 Å². The van der Waals surface area contributed by atoms with Gasteiger partial charge in [0.25, 0.3) is 5.91 Å². The largest absolute Gasteiger partial charge is 0.483 e. The van der Waals surface area contributed by atoms with Crippen molar-refractivity contribution in [3.8, 4) is 17.2 Å². The molecule has 0 fully saturated rings. The molecule has 0 aromatic heterocycles. The Kier molecular flexibility index (Phi) is 8.08. The van der Waals surface area contributed by atoms with E-state index in [2.05, 4.69) is 5.32 Å². The normalized spacial score (nSPS) is 11.3. The Labute approximate surface area is 195 Å². The summed E-state index contributed by atoms with van der Waals surface area (Å²) in [6.07, 6.45) is 0. The fourth-order valence-corrected chi connectivity index (χ4v) is 4.80. The minimum absolute atomic E-state index is 0.201. The van der Waals surface area contributed by atoms with E-state index >= 15 is 0 Å². The number of nitrogens with one attached hydrogen (secondary N) is 1. The summed E-state index contributed by atoms with van der Waals surface area (Å²) in [5.74, 6) is 1.25. The second-order valence-electron chi connectivity index (χ2n) is 7.26. The van der Waals surface area contributed by atoms with Gasteiger partial charge < -0.3 is 14.8 Å². The fraction of sp³-hybridized carbons (Fsp3) is 0.240. The van der Waals surface area contributed by atoms with Gasteiger partial charge in [-0.3, -0.25) is 4.79 Å². The molecule has 0 aliphatic heterocycles. The molecule has 0 atom stereocenters. The van der Waals surface area contributed by atoms with Gasteiger partial charge >= 0.3 is 0 Å². The smallest absolute Gasteiger partial charge is 0.262 e. The summed E-state index contributed by atoms with van der Waals surface area (Å²) in [5, 5.41) is 2.79. The molecular weight excluding hydrogens is 440 g/mol. The van der Waals surface area contributed by atoms with Crippen LogP contribution in [0.5, 0.6) is 17.2 Å². The van der Waals surface area contributed by atoms with Crippen molar-refractivity contribution in [2.24, 2.45) is 0 Å². The highest BCUT2D eigenvalue weighted by atomic mass is 32.2. The topological polar surface area (TPSA) is 84.9 Å². The summed E-state index contributed by atoms with van der Waals surface area (Å²) in [4.78, 5) is 12.7. The first-order valence-electron chi connectivity index (χ1n) is 10.7. The number of anilines is 1. The maximum absolute atomic E-state index is 12.7. The van der Waals surface area contributed by atoms with Crippen molar-refractivity contribution in [3.05, 3.63) is 78.4 Å². The fourth-order valence-electron chi connectivity index (χ4n) is 3.26. The van der Waals surface area contributed by atoms with Gasteiger partial charge in [-0.1, -0.05) is 44.2 Å². The minimum atomic E-state index is -3.56. The Balaban J connectivity index is 1.65. The summed E-state index contributed by atoms with van der Waals surface area (Å²) in [7, 11) is -3.56. The van der Waals surface area contributed by atoms with E-state index < -0.39 is 10.0 Å². The third kappa shape index (κ3) is 6.12. The van der Waals surface area contributed by atoms with Crippen LogP contribution in [-0.2, 0) is 14.8 Å². The van der Waals surface area contributed by atoms with Crippen LogP contribution < -0.4 is 14.8 Å². The Morgan fingerprint density at radius 1 is 0.909 bits per heavy atom. The van der Waals surface area contributed by atoms with E-state index in [4.69, 9.17) is 9.47 Å². The number of hydrogen-bond acceptors (Lipinski definition) is 5. The van der Waals surface area contributed by atoms with Crippen molar-refractivity contribution in [1.29, 1.82) is 0 Å². The first-order valence-corrected chi connectivity index (χ1v) is 12.1. The number of nitrogens with zero attached hydrogens (tertiary/aromatic N) is 1. The summed E-state index contributed by atoms with van der Waals surface area (Å²) in [6.45, 7) is 5.90. The number of rotatable bonds is 10. The predicted octanol–water partition coefficient (Wildman–Crippen LogP) is 4.84. The van der Waals surface area contributed by atoms with Crippen LogP contribution in [0.15, 0.2) is 77.7 Å². The van der Waals surface area contributed by atoms with E-state index in [1.54, 1.807) is 51.1 Å². The Morgan fingerprint density at radius 3 is 2.24 bits per heavy atom. The molecule has 7 nitrogen and oxygen atoms in total. The van der Waals surface area contributed by atoms with Gasteiger partial charge in [-0.05, 0) is 55.0 Å². The van der Waals surface area contributed by atoms with Crippen molar-refractivity contribution < 1.29 is 22.7 Å². The van der Waals surface area contributed by atoms with Crippen molar-refractivity contribution in [3.63, 3.8) is 0 Å². The molecule has 174 valence electrons. The molecule has 1 amide bonds. The van der Waals surface area contributed by atoms with E-state index in [1.807, 2.05) is 36.4 Å². The molecule has 1 N–H and O–H groups in total. The number of ether oxygens (including phenoxy) is 2. The second-order valence-corrected chi connectivity index (χ2v) is 9.20. The second kappa shape index (κ2) is 11.0. The predicted molar refractivity (Wildman–Crippen MR) is 128 cm³/mol. The van der Waals surface area contributed by atoms with Gasteiger partial charge in [-0.25, -0.2) is 8.42 Å². The lowest BCUT2D eigenvalue weighted by molar-refractivity contribution is -0.118. The van der Waals surface area contributed by atoms with Gasteiger partial charge in [0.1, 0.15) is 11.5 Å². The molecule has 0 unspecified atom stereocenters. The van der Waals surface area contributed by atoms with Crippen molar-refractivity contribution in [2.45, 2.75) is 25.7 Å². The minimum Gasteiger partial charge on any atom is -0.483 e. The lowest BCUT2D eigenvalue weighted by Gasteiger charge is -2.19. The highest BCUT2D eigenvalue weighted by molar-refractivity contribution is 7.89. The standard InChI is InChI=1S/C25H28N2O5S/c1-4-27(5-2)33(29,30)21-15-16-23(19(3)17-21)31-18-25(28)26-22-13-9-10-14-24(22)32-20-11-7-6-8-12-20/h6-17H,4-5,18H2,1-3H3,(H,26,28). The van der Waals surface area contributed by atoms with Crippen LogP contribution in [0, 0.1) is 6.92 Å². The average molecular weight is 469 g/mol. The van der Waals surface area contributed by atoms with Crippen molar-refractivity contribution >= 4 is 21.6 Å². The molecular formula is C25H28N2O5S. The number of hydrogen-bond donors (Lipinski definition) is 1. The van der Waals surface area contributed by atoms with Crippen LogP contribution in [0.1, 0.15) is 19.4 Å². The van der Waals surface area contributed by atoms with Gasteiger partial charge in [-0.15, -0.1) is 0 Å². The monoisotopic (exact) mass is 468 g/mol. The Morgan fingerprint density at radius 2 is 1.58 bits per heavy atom. The Hall–Kier alpha value is -3.36. The number of benzene rings is 3. The molecule has 0 saturated carbocycles. The van der Waals surface area contributed by atoms with E-state index in [-0.39, 0.29) is 17.4 Å². The molecule has 3 aromatic carbocycles.